The van der Waals surface area contributed by atoms with Crippen LogP contribution >= 0.6 is 11.3 Å². The molecule has 0 fully saturated rings. The van der Waals surface area contributed by atoms with Crippen LogP contribution in [0.3, 0.4) is 0 Å². The lowest BCUT2D eigenvalue weighted by molar-refractivity contribution is -0.143. The largest absolute Gasteiger partial charge is 0.481 e. The van der Waals surface area contributed by atoms with E-state index < -0.39 is 33.7 Å². The summed E-state index contributed by atoms with van der Waals surface area (Å²) in [5.41, 5.74) is 2.97. The van der Waals surface area contributed by atoms with Crippen molar-refractivity contribution in [2.24, 2.45) is 0 Å². The van der Waals surface area contributed by atoms with Crippen molar-refractivity contribution < 1.29 is 32.8 Å². The van der Waals surface area contributed by atoms with E-state index in [1.54, 1.807) is 11.3 Å². The number of carboxylic acids is 2. The number of nitrogens with zero attached hydrogens (tertiary/aromatic N) is 1. The highest BCUT2D eigenvalue weighted by Crippen LogP contribution is 2.15. The summed E-state index contributed by atoms with van der Waals surface area (Å²) in [5, 5.41) is 13.9. The molecule has 1 unspecified atom stereocenters. The maximum Gasteiger partial charge on any atom is 0.325 e. The molecule has 0 aliphatic rings. The van der Waals surface area contributed by atoms with Crippen molar-refractivity contribution in [2.45, 2.75) is 11.7 Å². The SMILES string of the molecule is O=C(O)CC(C(=O)O)S(=O)(=O)O.c1ccc2scnc2c1. The Kier molecular flexibility index (Phi) is 5.76. The van der Waals surface area contributed by atoms with Crippen molar-refractivity contribution in [1.82, 2.24) is 4.98 Å². The van der Waals surface area contributed by atoms with Crippen molar-refractivity contribution in [1.29, 1.82) is 0 Å². The summed E-state index contributed by atoms with van der Waals surface area (Å²) in [7, 11) is -4.84. The van der Waals surface area contributed by atoms with E-state index in [-0.39, 0.29) is 0 Å². The molecule has 0 saturated heterocycles. The number of carboxylic acid groups (broad SMARTS) is 2. The molecule has 2 rings (SSSR count). The van der Waals surface area contributed by atoms with Crippen LogP contribution < -0.4 is 0 Å². The topological polar surface area (TPSA) is 142 Å². The second kappa shape index (κ2) is 7.11. The van der Waals surface area contributed by atoms with Gasteiger partial charge in [0.2, 0.25) is 0 Å². The summed E-state index contributed by atoms with van der Waals surface area (Å²) in [6.45, 7) is 0. The molecular formula is C11H11NO7S2. The van der Waals surface area contributed by atoms with Crippen LogP contribution in [-0.2, 0) is 19.7 Å². The van der Waals surface area contributed by atoms with Gasteiger partial charge in [-0.25, -0.2) is 4.98 Å². The molecular weight excluding hydrogens is 322 g/mol. The summed E-state index contributed by atoms with van der Waals surface area (Å²) in [6, 6.07) is 8.13. The van der Waals surface area contributed by atoms with Crippen LogP contribution in [0.5, 0.6) is 0 Å². The molecule has 0 spiro atoms. The van der Waals surface area contributed by atoms with Crippen LogP contribution in [-0.4, -0.2) is 45.4 Å². The molecule has 1 aromatic heterocycles. The van der Waals surface area contributed by atoms with Crippen LogP contribution in [0.2, 0.25) is 0 Å². The van der Waals surface area contributed by atoms with Gasteiger partial charge in [-0.2, -0.15) is 8.42 Å². The number of aromatic nitrogens is 1. The summed E-state index contributed by atoms with van der Waals surface area (Å²) in [5.74, 6) is -3.50. The second-order valence-corrected chi connectivity index (χ2v) is 6.25. The van der Waals surface area contributed by atoms with Crippen molar-refractivity contribution in [2.75, 3.05) is 0 Å². The zero-order valence-electron chi connectivity index (χ0n) is 10.4. The van der Waals surface area contributed by atoms with Gasteiger partial charge >= 0.3 is 11.9 Å². The number of carbonyl (C=O) groups is 2. The number of hydrogen-bond acceptors (Lipinski definition) is 6. The Hall–Kier alpha value is -2.04. The molecule has 0 bridgehead atoms. The van der Waals surface area contributed by atoms with Crippen molar-refractivity contribution >= 4 is 43.6 Å². The Balaban J connectivity index is 0.000000216. The van der Waals surface area contributed by atoms with Crippen LogP contribution in [0, 0.1) is 0 Å². The Morgan fingerprint density at radius 1 is 1.24 bits per heavy atom. The number of hydrogen-bond donors (Lipinski definition) is 3. The zero-order valence-corrected chi connectivity index (χ0v) is 12.0. The van der Waals surface area contributed by atoms with Gasteiger partial charge in [0.15, 0.2) is 5.25 Å². The first-order valence-corrected chi connectivity index (χ1v) is 7.79. The lowest BCUT2D eigenvalue weighted by atomic mass is 10.3. The number of fused-ring (bicyclic) bond motifs is 1. The predicted octanol–water partition coefficient (Wildman–Crippen LogP) is 1.10. The van der Waals surface area contributed by atoms with Gasteiger partial charge in [0.05, 0.1) is 22.1 Å². The monoisotopic (exact) mass is 333 g/mol. The van der Waals surface area contributed by atoms with Gasteiger partial charge < -0.3 is 10.2 Å². The summed E-state index contributed by atoms with van der Waals surface area (Å²) in [6.07, 6.45) is -1.16. The molecule has 10 heteroatoms. The van der Waals surface area contributed by atoms with E-state index in [9.17, 15) is 18.0 Å². The van der Waals surface area contributed by atoms with Crippen LogP contribution in [0.1, 0.15) is 6.42 Å². The summed E-state index contributed by atoms with van der Waals surface area (Å²) >= 11 is 1.68. The Labute approximate surface area is 123 Å². The standard InChI is InChI=1S/C7H5NS.C4H6O7S/c1-2-4-7-6(3-1)8-5-9-7;5-3(6)1-2(4(7)8)12(9,10)11/h1-5H;2H,1H2,(H,5,6)(H,7,8)(H,9,10,11). The first kappa shape index (κ1) is 17.0. The van der Waals surface area contributed by atoms with Gasteiger partial charge in [0.25, 0.3) is 10.1 Å². The Morgan fingerprint density at radius 2 is 1.86 bits per heavy atom. The van der Waals surface area contributed by atoms with Crippen molar-refractivity contribution in [3.8, 4) is 0 Å². The highest BCUT2D eigenvalue weighted by atomic mass is 32.2. The molecule has 1 atom stereocenters. The fraction of sp³-hybridized carbons (Fsp3) is 0.182. The van der Waals surface area contributed by atoms with Gasteiger partial charge in [-0.15, -0.1) is 11.3 Å². The minimum absolute atomic E-state index is 1.10. The zero-order chi connectivity index (χ0) is 16.0. The third-order valence-corrected chi connectivity index (χ3v) is 4.13. The lowest BCUT2D eigenvalue weighted by Gasteiger charge is -2.04. The smallest absolute Gasteiger partial charge is 0.325 e. The van der Waals surface area contributed by atoms with Crippen LogP contribution in [0.25, 0.3) is 10.2 Å². The fourth-order valence-corrected chi connectivity index (χ4v) is 2.57. The summed E-state index contributed by atoms with van der Waals surface area (Å²) in [4.78, 5) is 24.1. The van der Waals surface area contributed by atoms with E-state index >= 15 is 0 Å². The van der Waals surface area contributed by atoms with E-state index in [4.69, 9.17) is 14.8 Å². The lowest BCUT2D eigenvalue weighted by Crippen LogP contribution is -2.31. The molecule has 0 aliphatic carbocycles. The molecule has 114 valence electrons. The van der Waals surface area contributed by atoms with E-state index in [1.165, 1.54) is 4.70 Å². The average Bonchev–Trinajstić information content (AvgIpc) is 2.83. The van der Waals surface area contributed by atoms with E-state index in [2.05, 4.69) is 11.1 Å². The normalized spacial score (nSPS) is 12.2. The minimum Gasteiger partial charge on any atom is -0.481 e. The predicted molar refractivity (Wildman–Crippen MR) is 74.8 cm³/mol. The minimum atomic E-state index is -4.84. The van der Waals surface area contributed by atoms with Crippen LogP contribution in [0.4, 0.5) is 0 Å². The number of benzene rings is 1. The van der Waals surface area contributed by atoms with Gasteiger partial charge in [-0.1, -0.05) is 12.1 Å². The maximum atomic E-state index is 10.2. The number of rotatable bonds is 4. The van der Waals surface area contributed by atoms with E-state index in [0.717, 1.165) is 5.52 Å². The first-order chi connectivity index (χ1) is 9.71. The molecule has 1 heterocycles. The van der Waals surface area contributed by atoms with Crippen molar-refractivity contribution in [3.63, 3.8) is 0 Å². The Morgan fingerprint density at radius 3 is 2.29 bits per heavy atom. The number of aliphatic carboxylic acids is 2. The van der Waals surface area contributed by atoms with Gasteiger partial charge in [0.1, 0.15) is 0 Å². The van der Waals surface area contributed by atoms with Crippen LogP contribution in [0.15, 0.2) is 29.8 Å². The van der Waals surface area contributed by atoms with Gasteiger partial charge in [0, 0.05) is 0 Å². The first-order valence-electron chi connectivity index (χ1n) is 5.41. The van der Waals surface area contributed by atoms with E-state index in [0.29, 0.717) is 0 Å². The number of thiazole rings is 1. The quantitative estimate of drug-likeness (QED) is 0.706. The average molecular weight is 333 g/mol. The molecule has 21 heavy (non-hydrogen) atoms. The third kappa shape index (κ3) is 5.45. The molecule has 0 radical (unpaired) electrons. The molecule has 3 N–H and O–H groups in total. The summed E-state index contributed by atoms with van der Waals surface area (Å²) < 4.78 is 29.9. The number of para-hydroxylation sites is 1. The Bertz CT molecular complexity index is 708. The van der Waals surface area contributed by atoms with Gasteiger partial charge in [-0.3, -0.25) is 14.1 Å². The van der Waals surface area contributed by atoms with Crippen molar-refractivity contribution in [3.05, 3.63) is 29.8 Å². The van der Waals surface area contributed by atoms with Gasteiger partial charge in [-0.05, 0) is 12.1 Å². The molecule has 0 aliphatic heterocycles. The maximum absolute atomic E-state index is 10.2. The second-order valence-electron chi connectivity index (χ2n) is 3.76. The molecule has 1 aromatic carbocycles. The fourth-order valence-electron chi connectivity index (χ4n) is 1.28. The highest BCUT2D eigenvalue weighted by molar-refractivity contribution is 7.87. The molecule has 0 saturated carbocycles. The molecule has 8 nitrogen and oxygen atoms in total. The molecule has 2 aromatic rings. The molecule has 0 amide bonds. The van der Waals surface area contributed by atoms with E-state index in [1.807, 2.05) is 23.7 Å². The third-order valence-electron chi connectivity index (χ3n) is 2.23. The highest BCUT2D eigenvalue weighted by Gasteiger charge is 2.33.